The zero-order chi connectivity index (χ0) is 14.1. The third-order valence-electron chi connectivity index (χ3n) is 2.98. The monoisotopic (exact) mass is 269 g/mol. The zero-order valence-corrected chi connectivity index (χ0v) is 10.6. The Morgan fingerprint density at radius 1 is 1.30 bits per heavy atom. The molecule has 3 rings (SSSR count). The molecule has 0 aliphatic rings. The van der Waals surface area contributed by atoms with Crippen molar-refractivity contribution in [1.29, 1.82) is 0 Å². The molecule has 1 N–H and O–H groups in total. The van der Waals surface area contributed by atoms with Crippen molar-refractivity contribution in [2.75, 3.05) is 11.9 Å². The minimum Gasteiger partial charge on any atom is -0.465 e. The second-order valence-corrected chi connectivity index (χ2v) is 4.24. The van der Waals surface area contributed by atoms with Gasteiger partial charge in [-0.3, -0.25) is 4.90 Å². The van der Waals surface area contributed by atoms with E-state index in [9.17, 15) is 4.79 Å². The average Bonchev–Trinajstić information content (AvgIpc) is 2.93. The van der Waals surface area contributed by atoms with E-state index < -0.39 is 6.09 Å². The second-order valence-electron chi connectivity index (χ2n) is 4.24. The molecule has 3 aromatic rings. The molecule has 0 bridgehead atoms. The summed E-state index contributed by atoms with van der Waals surface area (Å²) < 4.78 is 1.57. The van der Waals surface area contributed by atoms with Gasteiger partial charge in [0.1, 0.15) is 6.33 Å². The molecule has 7 heteroatoms. The fourth-order valence-electron chi connectivity index (χ4n) is 1.87. The number of rotatable bonds is 2. The van der Waals surface area contributed by atoms with E-state index in [0.29, 0.717) is 11.3 Å². The summed E-state index contributed by atoms with van der Waals surface area (Å²) in [5, 5.41) is 21.0. The number of hydrogen-bond donors (Lipinski definition) is 1. The Labute approximate surface area is 114 Å². The van der Waals surface area contributed by atoms with Crippen molar-refractivity contribution in [2.45, 2.75) is 0 Å². The van der Waals surface area contributed by atoms with E-state index in [1.165, 1.54) is 13.4 Å². The van der Waals surface area contributed by atoms with Crippen molar-refractivity contribution in [2.24, 2.45) is 0 Å². The van der Waals surface area contributed by atoms with Gasteiger partial charge in [0.2, 0.25) is 0 Å². The number of amides is 1. The fraction of sp³-hybridized carbons (Fsp3) is 0.0769. The lowest BCUT2D eigenvalue weighted by Gasteiger charge is -2.13. The lowest BCUT2D eigenvalue weighted by Crippen LogP contribution is -2.23. The normalized spacial score (nSPS) is 10.7. The second kappa shape index (κ2) is 4.61. The number of nitrogens with zero attached hydrogens (tertiary/aromatic N) is 5. The molecule has 2 aromatic heterocycles. The fourth-order valence-corrected chi connectivity index (χ4v) is 1.87. The summed E-state index contributed by atoms with van der Waals surface area (Å²) in [6.45, 7) is 0. The molecule has 0 aliphatic heterocycles. The Balaban J connectivity index is 2.05. The molecule has 1 amide bonds. The van der Waals surface area contributed by atoms with Crippen LogP contribution in [0.4, 0.5) is 10.5 Å². The minimum absolute atomic E-state index is 0.584. The Kier molecular flexibility index (Phi) is 2.79. The van der Waals surface area contributed by atoms with E-state index in [1.54, 1.807) is 22.7 Å². The van der Waals surface area contributed by atoms with Crippen LogP contribution in [0.5, 0.6) is 0 Å². The molecule has 0 atom stereocenters. The van der Waals surface area contributed by atoms with Crippen LogP contribution in [0.15, 0.2) is 42.7 Å². The van der Waals surface area contributed by atoms with Crippen LogP contribution in [0.3, 0.4) is 0 Å². The molecule has 7 nitrogen and oxygen atoms in total. The predicted molar refractivity (Wildman–Crippen MR) is 72.6 cm³/mol. The lowest BCUT2D eigenvalue weighted by atomic mass is 10.1. The first-order valence-corrected chi connectivity index (χ1v) is 5.89. The van der Waals surface area contributed by atoms with Crippen molar-refractivity contribution in [3.8, 4) is 11.3 Å². The van der Waals surface area contributed by atoms with Gasteiger partial charge in [0.05, 0.1) is 5.69 Å². The van der Waals surface area contributed by atoms with Crippen LogP contribution < -0.4 is 4.90 Å². The first-order chi connectivity index (χ1) is 9.65. The first kappa shape index (κ1) is 12.1. The highest BCUT2D eigenvalue weighted by atomic mass is 16.4. The van der Waals surface area contributed by atoms with Crippen LogP contribution in [0, 0.1) is 0 Å². The summed E-state index contributed by atoms with van der Waals surface area (Å²) in [6, 6.07) is 10.8. The highest BCUT2D eigenvalue weighted by Gasteiger charge is 2.10. The van der Waals surface area contributed by atoms with Crippen molar-refractivity contribution >= 4 is 17.4 Å². The topological polar surface area (TPSA) is 83.6 Å². The Hall–Kier alpha value is -2.96. The van der Waals surface area contributed by atoms with Gasteiger partial charge in [-0.1, -0.05) is 12.1 Å². The molecule has 0 saturated heterocycles. The predicted octanol–water partition coefficient (Wildman–Crippen LogP) is 1.91. The third kappa shape index (κ3) is 2.05. The van der Waals surface area contributed by atoms with Crippen LogP contribution in [0.2, 0.25) is 0 Å². The molecule has 1 aromatic carbocycles. The number of carbonyl (C=O) groups is 1. The van der Waals surface area contributed by atoms with Gasteiger partial charge in [-0.25, -0.2) is 4.79 Å². The number of anilines is 1. The Morgan fingerprint density at radius 3 is 2.95 bits per heavy atom. The van der Waals surface area contributed by atoms with Crippen molar-refractivity contribution in [3.05, 3.63) is 42.7 Å². The van der Waals surface area contributed by atoms with Gasteiger partial charge in [-0.15, -0.1) is 10.2 Å². The summed E-state index contributed by atoms with van der Waals surface area (Å²) in [7, 11) is 1.50. The van der Waals surface area contributed by atoms with Crippen LogP contribution in [-0.2, 0) is 0 Å². The maximum atomic E-state index is 11.0. The SMILES string of the molecule is CN(C(=O)O)c1cccc(-c2ccc3nncn3n2)c1. The Bertz CT molecular complexity index is 783. The van der Waals surface area contributed by atoms with Crippen molar-refractivity contribution in [1.82, 2.24) is 19.8 Å². The number of carboxylic acid groups (broad SMARTS) is 1. The minimum atomic E-state index is -1.01. The van der Waals surface area contributed by atoms with Crippen LogP contribution >= 0.6 is 0 Å². The van der Waals surface area contributed by atoms with Gasteiger partial charge >= 0.3 is 6.09 Å². The molecule has 100 valence electrons. The molecule has 0 spiro atoms. The molecule has 0 radical (unpaired) electrons. The van der Waals surface area contributed by atoms with E-state index in [4.69, 9.17) is 5.11 Å². The van der Waals surface area contributed by atoms with Gasteiger partial charge in [0, 0.05) is 18.3 Å². The highest BCUT2D eigenvalue weighted by molar-refractivity contribution is 5.86. The van der Waals surface area contributed by atoms with Gasteiger partial charge in [0.25, 0.3) is 0 Å². The van der Waals surface area contributed by atoms with Crippen LogP contribution in [0.1, 0.15) is 0 Å². The maximum absolute atomic E-state index is 11.0. The van der Waals surface area contributed by atoms with E-state index >= 15 is 0 Å². The highest BCUT2D eigenvalue weighted by Crippen LogP contribution is 2.22. The molecular weight excluding hydrogens is 258 g/mol. The third-order valence-corrected chi connectivity index (χ3v) is 2.98. The molecule has 0 fully saturated rings. The number of aromatic nitrogens is 4. The van der Waals surface area contributed by atoms with Gasteiger partial charge in [0.15, 0.2) is 5.65 Å². The maximum Gasteiger partial charge on any atom is 0.411 e. The molecular formula is C13H11N5O2. The van der Waals surface area contributed by atoms with Gasteiger partial charge < -0.3 is 5.11 Å². The first-order valence-electron chi connectivity index (χ1n) is 5.89. The summed E-state index contributed by atoms with van der Waals surface area (Å²) in [6.07, 6.45) is 0.510. The molecule has 2 heterocycles. The summed E-state index contributed by atoms with van der Waals surface area (Å²) in [5.41, 5.74) is 2.79. The van der Waals surface area contributed by atoms with Crippen molar-refractivity contribution < 1.29 is 9.90 Å². The number of hydrogen-bond acceptors (Lipinski definition) is 4. The number of benzene rings is 1. The molecule has 20 heavy (non-hydrogen) atoms. The average molecular weight is 269 g/mol. The number of fused-ring (bicyclic) bond motifs is 1. The summed E-state index contributed by atoms with van der Waals surface area (Å²) in [4.78, 5) is 12.1. The lowest BCUT2D eigenvalue weighted by molar-refractivity contribution is 0.203. The standard InChI is InChI=1S/C13H11N5O2/c1-17(13(19)20)10-4-2-3-9(7-10)11-5-6-12-15-14-8-18(12)16-11/h2-8H,1H3,(H,19,20). The quantitative estimate of drug-likeness (QED) is 0.768. The van der Waals surface area contributed by atoms with E-state index in [0.717, 1.165) is 16.2 Å². The van der Waals surface area contributed by atoms with Gasteiger partial charge in [-0.2, -0.15) is 9.61 Å². The van der Waals surface area contributed by atoms with E-state index in [2.05, 4.69) is 15.3 Å². The van der Waals surface area contributed by atoms with Crippen LogP contribution in [-0.4, -0.2) is 38.1 Å². The summed E-state index contributed by atoms with van der Waals surface area (Å²) in [5.74, 6) is 0. The molecule has 0 unspecified atom stereocenters. The Morgan fingerprint density at radius 2 is 2.15 bits per heavy atom. The largest absolute Gasteiger partial charge is 0.465 e. The molecule has 0 aliphatic carbocycles. The molecule has 0 saturated carbocycles. The van der Waals surface area contributed by atoms with Crippen molar-refractivity contribution in [3.63, 3.8) is 0 Å². The zero-order valence-electron chi connectivity index (χ0n) is 10.6. The van der Waals surface area contributed by atoms with Crippen LogP contribution in [0.25, 0.3) is 16.9 Å². The smallest absolute Gasteiger partial charge is 0.411 e. The van der Waals surface area contributed by atoms with E-state index in [-0.39, 0.29) is 0 Å². The van der Waals surface area contributed by atoms with Gasteiger partial charge in [-0.05, 0) is 24.3 Å². The summed E-state index contributed by atoms with van der Waals surface area (Å²) >= 11 is 0. The van der Waals surface area contributed by atoms with E-state index in [1.807, 2.05) is 18.2 Å².